The Morgan fingerprint density at radius 2 is 1.65 bits per heavy atom. The van der Waals surface area contributed by atoms with Gasteiger partial charge in [-0.2, -0.15) is 0 Å². The Bertz CT molecular complexity index is 1200. The van der Waals surface area contributed by atoms with Crippen molar-refractivity contribution in [3.8, 4) is 0 Å². The highest BCUT2D eigenvalue weighted by Gasteiger charge is 2.21. The van der Waals surface area contributed by atoms with Crippen LogP contribution in [0.25, 0.3) is 0 Å². The second-order valence-corrected chi connectivity index (χ2v) is 9.88. The quantitative estimate of drug-likeness (QED) is 0.495. The van der Waals surface area contributed by atoms with Crippen LogP contribution >= 0.6 is 23.2 Å². The van der Waals surface area contributed by atoms with Crippen molar-refractivity contribution in [3.05, 3.63) is 87.9 Å². The zero-order chi connectivity index (χ0) is 22.6. The summed E-state index contributed by atoms with van der Waals surface area (Å²) in [5.74, 6) is -0.540. The SMILES string of the molecule is CN(C)S(=O)(=O)c1ccc(Cl)c(C(=O)Nc2ccc(NCc3ccccc3)c(Cl)c2)c1. The molecule has 0 radical (unpaired) electrons. The first-order valence-electron chi connectivity index (χ1n) is 9.29. The van der Waals surface area contributed by atoms with Crippen LogP contribution < -0.4 is 10.6 Å². The van der Waals surface area contributed by atoms with Crippen LogP contribution in [0.3, 0.4) is 0 Å². The van der Waals surface area contributed by atoms with Gasteiger partial charge < -0.3 is 10.6 Å². The van der Waals surface area contributed by atoms with Crippen molar-refractivity contribution in [3.63, 3.8) is 0 Å². The normalized spacial score (nSPS) is 11.4. The van der Waals surface area contributed by atoms with Crippen LogP contribution in [-0.2, 0) is 16.6 Å². The van der Waals surface area contributed by atoms with E-state index in [-0.39, 0.29) is 15.5 Å². The summed E-state index contributed by atoms with van der Waals surface area (Å²) in [6, 6.07) is 18.9. The molecule has 0 unspecified atom stereocenters. The van der Waals surface area contributed by atoms with Gasteiger partial charge in [0, 0.05) is 26.3 Å². The van der Waals surface area contributed by atoms with E-state index in [1.54, 1.807) is 18.2 Å². The van der Waals surface area contributed by atoms with Crippen molar-refractivity contribution in [2.75, 3.05) is 24.7 Å². The van der Waals surface area contributed by atoms with Gasteiger partial charge in [0.25, 0.3) is 5.91 Å². The third-order valence-electron chi connectivity index (χ3n) is 4.51. The van der Waals surface area contributed by atoms with Crippen LogP contribution in [0.5, 0.6) is 0 Å². The summed E-state index contributed by atoms with van der Waals surface area (Å²) < 4.78 is 25.8. The van der Waals surface area contributed by atoms with E-state index in [1.807, 2.05) is 30.3 Å². The lowest BCUT2D eigenvalue weighted by Gasteiger charge is -2.14. The van der Waals surface area contributed by atoms with Gasteiger partial charge in [0.2, 0.25) is 10.0 Å². The monoisotopic (exact) mass is 477 g/mol. The molecule has 2 N–H and O–H groups in total. The van der Waals surface area contributed by atoms with Crippen molar-refractivity contribution in [2.24, 2.45) is 0 Å². The second kappa shape index (κ2) is 9.70. The van der Waals surface area contributed by atoms with Gasteiger partial charge in [-0.3, -0.25) is 4.79 Å². The summed E-state index contributed by atoms with van der Waals surface area (Å²) in [6.45, 7) is 0.606. The van der Waals surface area contributed by atoms with E-state index in [9.17, 15) is 13.2 Å². The van der Waals surface area contributed by atoms with Crippen LogP contribution in [0.2, 0.25) is 10.0 Å². The number of halogens is 2. The molecule has 0 aliphatic heterocycles. The molecular formula is C22H21Cl2N3O3S. The molecule has 0 aromatic heterocycles. The van der Waals surface area contributed by atoms with Gasteiger partial charge in [-0.15, -0.1) is 0 Å². The minimum atomic E-state index is -3.70. The van der Waals surface area contributed by atoms with Gasteiger partial charge in [-0.25, -0.2) is 12.7 Å². The van der Waals surface area contributed by atoms with Crippen molar-refractivity contribution >= 4 is 50.5 Å². The highest BCUT2D eigenvalue weighted by Crippen LogP contribution is 2.28. The number of rotatable bonds is 7. The van der Waals surface area contributed by atoms with Crippen LogP contribution in [-0.4, -0.2) is 32.7 Å². The first-order valence-corrected chi connectivity index (χ1v) is 11.5. The average Bonchev–Trinajstić information content (AvgIpc) is 2.74. The lowest BCUT2D eigenvalue weighted by Crippen LogP contribution is -2.23. The summed E-state index contributed by atoms with van der Waals surface area (Å²) in [6.07, 6.45) is 0. The number of carbonyl (C=O) groups is 1. The number of sulfonamides is 1. The summed E-state index contributed by atoms with van der Waals surface area (Å²) in [4.78, 5) is 12.7. The van der Waals surface area contributed by atoms with E-state index >= 15 is 0 Å². The minimum Gasteiger partial charge on any atom is -0.380 e. The largest absolute Gasteiger partial charge is 0.380 e. The number of benzene rings is 3. The third kappa shape index (κ3) is 5.57. The predicted molar refractivity (Wildman–Crippen MR) is 125 cm³/mol. The van der Waals surface area contributed by atoms with Gasteiger partial charge in [0.05, 0.1) is 26.2 Å². The lowest BCUT2D eigenvalue weighted by molar-refractivity contribution is 0.102. The molecule has 0 spiro atoms. The zero-order valence-corrected chi connectivity index (χ0v) is 19.2. The number of anilines is 2. The second-order valence-electron chi connectivity index (χ2n) is 6.92. The van der Waals surface area contributed by atoms with Gasteiger partial charge in [0.1, 0.15) is 0 Å². The number of hydrogen-bond donors (Lipinski definition) is 2. The van der Waals surface area contributed by atoms with E-state index in [1.165, 1.54) is 32.3 Å². The van der Waals surface area contributed by atoms with E-state index < -0.39 is 15.9 Å². The molecule has 0 saturated heterocycles. The molecule has 0 fully saturated rings. The smallest absolute Gasteiger partial charge is 0.257 e. The minimum absolute atomic E-state index is 0.0226. The van der Waals surface area contributed by atoms with Crippen LogP contribution in [0.4, 0.5) is 11.4 Å². The van der Waals surface area contributed by atoms with Gasteiger partial charge in [-0.05, 0) is 42.0 Å². The molecule has 0 aliphatic carbocycles. The summed E-state index contributed by atoms with van der Waals surface area (Å²) in [7, 11) is -0.867. The van der Waals surface area contributed by atoms with Crippen molar-refractivity contribution in [1.29, 1.82) is 0 Å². The third-order valence-corrected chi connectivity index (χ3v) is 6.97. The molecule has 0 bridgehead atoms. The zero-order valence-electron chi connectivity index (χ0n) is 16.9. The average molecular weight is 478 g/mol. The van der Waals surface area contributed by atoms with Crippen molar-refractivity contribution in [1.82, 2.24) is 4.31 Å². The van der Waals surface area contributed by atoms with E-state index in [0.29, 0.717) is 17.3 Å². The van der Waals surface area contributed by atoms with Crippen molar-refractivity contribution < 1.29 is 13.2 Å². The van der Waals surface area contributed by atoms with E-state index in [4.69, 9.17) is 23.2 Å². The molecule has 3 rings (SSSR count). The Balaban J connectivity index is 1.75. The maximum Gasteiger partial charge on any atom is 0.257 e. The van der Waals surface area contributed by atoms with Crippen LogP contribution in [0.1, 0.15) is 15.9 Å². The molecule has 31 heavy (non-hydrogen) atoms. The van der Waals surface area contributed by atoms with Gasteiger partial charge >= 0.3 is 0 Å². The fourth-order valence-corrected chi connectivity index (χ4v) is 4.16. The lowest BCUT2D eigenvalue weighted by atomic mass is 10.2. The summed E-state index contributed by atoms with van der Waals surface area (Å²) >= 11 is 12.5. The molecule has 3 aromatic carbocycles. The number of carbonyl (C=O) groups excluding carboxylic acids is 1. The molecule has 0 saturated carbocycles. The first-order chi connectivity index (χ1) is 14.7. The van der Waals surface area contributed by atoms with E-state index in [2.05, 4.69) is 10.6 Å². The van der Waals surface area contributed by atoms with Crippen molar-refractivity contribution in [2.45, 2.75) is 11.4 Å². The Labute approximate surface area is 191 Å². The first kappa shape index (κ1) is 23.1. The molecule has 9 heteroatoms. The Kier molecular flexibility index (Phi) is 7.23. The Hall–Kier alpha value is -2.58. The number of hydrogen-bond acceptors (Lipinski definition) is 4. The fourth-order valence-electron chi connectivity index (χ4n) is 2.78. The molecule has 162 valence electrons. The fraction of sp³-hybridized carbons (Fsp3) is 0.136. The maximum absolute atomic E-state index is 12.7. The Morgan fingerprint density at radius 1 is 0.935 bits per heavy atom. The standard InChI is InChI=1S/C22H21Cl2N3O3S/c1-27(2)31(29,30)17-9-10-19(23)18(13-17)22(28)26-16-8-11-21(20(24)12-16)25-14-15-6-4-3-5-7-15/h3-13,25H,14H2,1-2H3,(H,26,28). The maximum atomic E-state index is 12.7. The molecule has 3 aromatic rings. The number of nitrogens with zero attached hydrogens (tertiary/aromatic N) is 1. The molecule has 1 amide bonds. The molecule has 0 heterocycles. The molecule has 0 atom stereocenters. The van der Waals surface area contributed by atoms with Crippen LogP contribution in [0.15, 0.2) is 71.6 Å². The highest BCUT2D eigenvalue weighted by molar-refractivity contribution is 7.89. The van der Waals surface area contributed by atoms with Gasteiger partial charge in [0.15, 0.2) is 0 Å². The highest BCUT2D eigenvalue weighted by atomic mass is 35.5. The summed E-state index contributed by atoms with van der Waals surface area (Å²) in [5.41, 5.74) is 2.34. The molecular weight excluding hydrogens is 457 g/mol. The van der Waals surface area contributed by atoms with Gasteiger partial charge in [-0.1, -0.05) is 53.5 Å². The number of nitrogens with one attached hydrogen (secondary N) is 2. The van der Waals surface area contributed by atoms with E-state index in [0.717, 1.165) is 15.6 Å². The Morgan fingerprint density at radius 3 is 2.29 bits per heavy atom. The predicted octanol–water partition coefficient (Wildman–Crippen LogP) is 5.11. The number of amides is 1. The summed E-state index contributed by atoms with van der Waals surface area (Å²) in [5, 5.41) is 6.53. The molecule has 0 aliphatic rings. The molecule has 6 nitrogen and oxygen atoms in total. The topological polar surface area (TPSA) is 78.5 Å². The van der Waals surface area contributed by atoms with Crippen LogP contribution in [0, 0.1) is 0 Å².